The molecule has 0 radical (unpaired) electrons. The molecular weight excluding hydrogens is 268 g/mol. The minimum absolute atomic E-state index is 0.131. The highest BCUT2D eigenvalue weighted by atomic mass is 16.5. The minimum Gasteiger partial charge on any atom is -0.388 e. The highest BCUT2D eigenvalue weighted by Crippen LogP contribution is 2.22. The maximum absolute atomic E-state index is 9.94. The highest BCUT2D eigenvalue weighted by molar-refractivity contribution is 5.82. The second-order valence-electron chi connectivity index (χ2n) is 5.30. The van der Waals surface area contributed by atoms with Crippen LogP contribution in [-0.2, 0) is 6.42 Å². The van der Waals surface area contributed by atoms with Crippen molar-refractivity contribution in [3.05, 3.63) is 42.4 Å². The van der Waals surface area contributed by atoms with Gasteiger partial charge in [-0.1, -0.05) is 11.2 Å². The molecule has 21 heavy (non-hydrogen) atoms. The number of nitrogens with two attached hydrogens (primary N) is 1. The van der Waals surface area contributed by atoms with Gasteiger partial charge in [0.1, 0.15) is 0 Å². The molecule has 6 nitrogen and oxygen atoms in total. The van der Waals surface area contributed by atoms with Gasteiger partial charge in [-0.2, -0.15) is 4.98 Å². The quantitative estimate of drug-likeness (QED) is 0.754. The van der Waals surface area contributed by atoms with Gasteiger partial charge in [-0.25, -0.2) is 0 Å². The Labute approximate surface area is 121 Å². The molecule has 0 aliphatic carbocycles. The Hall–Kier alpha value is -2.31. The van der Waals surface area contributed by atoms with E-state index in [0.717, 1.165) is 16.5 Å². The van der Waals surface area contributed by atoms with Crippen LogP contribution in [0.4, 0.5) is 0 Å². The fraction of sp³-hybridized carbons (Fsp3) is 0.267. The smallest absolute Gasteiger partial charge is 0.229 e. The fourth-order valence-electron chi connectivity index (χ4n) is 2.06. The number of hydrogen-bond donors (Lipinski definition) is 2. The molecule has 6 heteroatoms. The van der Waals surface area contributed by atoms with Gasteiger partial charge in [0.15, 0.2) is 0 Å². The fourth-order valence-corrected chi connectivity index (χ4v) is 2.06. The lowest BCUT2D eigenvalue weighted by Crippen LogP contribution is -2.36. The predicted octanol–water partition coefficient (Wildman–Crippen LogP) is 1.54. The minimum atomic E-state index is -1.04. The van der Waals surface area contributed by atoms with Crippen molar-refractivity contribution in [3.63, 3.8) is 0 Å². The third-order valence-electron chi connectivity index (χ3n) is 3.30. The zero-order valence-electron chi connectivity index (χ0n) is 11.7. The van der Waals surface area contributed by atoms with Gasteiger partial charge >= 0.3 is 0 Å². The van der Waals surface area contributed by atoms with Crippen molar-refractivity contribution < 1.29 is 9.63 Å². The first-order valence-corrected chi connectivity index (χ1v) is 6.68. The van der Waals surface area contributed by atoms with E-state index in [1.54, 1.807) is 13.1 Å². The SMILES string of the molecule is CC(O)(CN)Cc1nc(-c2ccc3ncccc3c2)no1. The molecule has 0 bridgehead atoms. The first-order valence-electron chi connectivity index (χ1n) is 6.68. The largest absolute Gasteiger partial charge is 0.388 e. The third-order valence-corrected chi connectivity index (χ3v) is 3.30. The number of rotatable bonds is 4. The lowest BCUT2D eigenvalue weighted by Gasteiger charge is -2.17. The molecule has 3 aromatic rings. The average Bonchev–Trinajstić information content (AvgIpc) is 2.94. The van der Waals surface area contributed by atoms with Crippen LogP contribution in [0.15, 0.2) is 41.1 Å². The molecule has 2 aromatic heterocycles. The van der Waals surface area contributed by atoms with E-state index in [1.807, 2.05) is 30.3 Å². The lowest BCUT2D eigenvalue weighted by molar-refractivity contribution is 0.0610. The van der Waals surface area contributed by atoms with Crippen molar-refractivity contribution in [2.45, 2.75) is 18.9 Å². The van der Waals surface area contributed by atoms with Crippen molar-refractivity contribution in [1.29, 1.82) is 0 Å². The number of pyridine rings is 1. The van der Waals surface area contributed by atoms with Crippen molar-refractivity contribution in [3.8, 4) is 11.4 Å². The summed E-state index contributed by atoms with van der Waals surface area (Å²) in [4.78, 5) is 8.58. The zero-order valence-corrected chi connectivity index (χ0v) is 11.7. The van der Waals surface area contributed by atoms with E-state index >= 15 is 0 Å². The van der Waals surface area contributed by atoms with E-state index in [1.165, 1.54) is 0 Å². The average molecular weight is 284 g/mol. The summed E-state index contributed by atoms with van der Waals surface area (Å²) >= 11 is 0. The molecule has 0 saturated heterocycles. The van der Waals surface area contributed by atoms with Crippen LogP contribution in [0.25, 0.3) is 22.3 Å². The van der Waals surface area contributed by atoms with Crippen molar-refractivity contribution in [1.82, 2.24) is 15.1 Å². The number of hydrogen-bond acceptors (Lipinski definition) is 6. The number of nitrogens with zero attached hydrogens (tertiary/aromatic N) is 3. The summed E-state index contributed by atoms with van der Waals surface area (Å²) in [7, 11) is 0. The molecule has 2 heterocycles. The van der Waals surface area contributed by atoms with Crippen molar-refractivity contribution >= 4 is 10.9 Å². The van der Waals surface area contributed by atoms with Gasteiger partial charge in [-0.3, -0.25) is 4.98 Å². The summed E-state index contributed by atoms with van der Waals surface area (Å²) in [5, 5.41) is 14.9. The lowest BCUT2D eigenvalue weighted by atomic mass is 10.0. The Bertz CT molecular complexity index is 767. The Morgan fingerprint density at radius 2 is 2.19 bits per heavy atom. The number of fused-ring (bicyclic) bond motifs is 1. The topological polar surface area (TPSA) is 98.1 Å². The van der Waals surface area contributed by atoms with Crippen LogP contribution in [0.2, 0.25) is 0 Å². The van der Waals surface area contributed by atoms with E-state index in [-0.39, 0.29) is 13.0 Å². The zero-order chi connectivity index (χ0) is 14.9. The van der Waals surface area contributed by atoms with Crippen LogP contribution in [0.1, 0.15) is 12.8 Å². The molecule has 1 unspecified atom stereocenters. The first-order chi connectivity index (χ1) is 10.1. The maximum atomic E-state index is 9.94. The molecule has 3 N–H and O–H groups in total. The molecule has 1 atom stereocenters. The van der Waals surface area contributed by atoms with Gasteiger partial charge in [0.25, 0.3) is 0 Å². The predicted molar refractivity (Wildman–Crippen MR) is 78.4 cm³/mol. The number of benzene rings is 1. The van der Waals surface area contributed by atoms with Crippen molar-refractivity contribution in [2.75, 3.05) is 6.54 Å². The molecule has 0 spiro atoms. The van der Waals surface area contributed by atoms with Crippen LogP contribution in [-0.4, -0.2) is 32.4 Å². The van der Waals surface area contributed by atoms with Crippen molar-refractivity contribution in [2.24, 2.45) is 5.73 Å². The summed E-state index contributed by atoms with van der Waals surface area (Å²) in [5.74, 6) is 0.857. The van der Waals surface area contributed by atoms with Gasteiger partial charge in [0.2, 0.25) is 11.7 Å². The molecule has 0 saturated carbocycles. The number of aliphatic hydroxyl groups is 1. The summed E-state index contributed by atoms with van der Waals surface area (Å²) in [5.41, 5.74) is 6.20. The summed E-state index contributed by atoms with van der Waals surface area (Å²) < 4.78 is 5.18. The highest BCUT2D eigenvalue weighted by Gasteiger charge is 2.22. The van der Waals surface area contributed by atoms with Crippen LogP contribution < -0.4 is 5.73 Å². The van der Waals surface area contributed by atoms with E-state index in [4.69, 9.17) is 10.3 Å². The standard InChI is InChI=1S/C15H16N4O2/c1-15(20,9-16)8-13-18-14(19-21-13)11-4-5-12-10(7-11)3-2-6-17-12/h2-7,20H,8-9,16H2,1H3. The molecular formula is C15H16N4O2. The van der Waals surface area contributed by atoms with Gasteiger partial charge in [0, 0.05) is 23.7 Å². The van der Waals surface area contributed by atoms with E-state index in [0.29, 0.717) is 11.7 Å². The monoisotopic (exact) mass is 284 g/mol. The molecule has 0 aliphatic rings. The molecule has 0 aliphatic heterocycles. The van der Waals surface area contributed by atoms with Crippen LogP contribution in [0.5, 0.6) is 0 Å². The van der Waals surface area contributed by atoms with Gasteiger partial charge in [-0.15, -0.1) is 0 Å². The van der Waals surface area contributed by atoms with Gasteiger partial charge in [-0.05, 0) is 31.2 Å². The molecule has 3 rings (SSSR count). The Balaban J connectivity index is 1.91. The maximum Gasteiger partial charge on any atom is 0.229 e. The van der Waals surface area contributed by atoms with Gasteiger partial charge in [0.05, 0.1) is 17.5 Å². The van der Waals surface area contributed by atoms with Crippen LogP contribution in [0.3, 0.4) is 0 Å². The molecule has 1 aromatic carbocycles. The molecule has 108 valence electrons. The summed E-state index contributed by atoms with van der Waals surface area (Å²) in [6.45, 7) is 1.77. The Morgan fingerprint density at radius 3 is 3.00 bits per heavy atom. The summed E-state index contributed by atoms with van der Waals surface area (Å²) in [6.07, 6.45) is 1.98. The van der Waals surface area contributed by atoms with E-state index < -0.39 is 5.60 Å². The molecule has 0 amide bonds. The van der Waals surface area contributed by atoms with E-state index in [9.17, 15) is 5.11 Å². The van der Waals surface area contributed by atoms with E-state index in [2.05, 4.69) is 15.1 Å². The Morgan fingerprint density at radius 1 is 1.33 bits per heavy atom. The van der Waals surface area contributed by atoms with Crippen LogP contribution in [0, 0.1) is 0 Å². The molecule has 0 fully saturated rings. The Kier molecular flexibility index (Phi) is 3.40. The normalized spacial score (nSPS) is 14.2. The first kappa shape index (κ1) is 13.7. The van der Waals surface area contributed by atoms with Crippen LogP contribution >= 0.6 is 0 Å². The van der Waals surface area contributed by atoms with Gasteiger partial charge < -0.3 is 15.4 Å². The number of aromatic nitrogens is 3. The second kappa shape index (κ2) is 5.23. The third kappa shape index (κ3) is 2.91. The second-order valence-corrected chi connectivity index (χ2v) is 5.30. The summed E-state index contributed by atoms with van der Waals surface area (Å²) in [6, 6.07) is 9.62.